The monoisotopic (exact) mass is 489 g/mol. The number of carboxylic acid groups (broad SMARTS) is 1. The van der Waals surface area contributed by atoms with Gasteiger partial charge in [0.1, 0.15) is 17.8 Å². The molecule has 0 radical (unpaired) electrons. The van der Waals surface area contributed by atoms with Crippen LogP contribution in [-0.2, 0) is 14.8 Å². The first kappa shape index (κ1) is 25.6. The van der Waals surface area contributed by atoms with Gasteiger partial charge in [-0.2, -0.15) is 0 Å². The number of amides is 1. The van der Waals surface area contributed by atoms with Crippen molar-refractivity contribution >= 4 is 33.4 Å². The van der Waals surface area contributed by atoms with E-state index in [1.54, 1.807) is 13.0 Å². The lowest BCUT2D eigenvalue weighted by Crippen LogP contribution is -2.37. The van der Waals surface area contributed by atoms with Gasteiger partial charge < -0.3 is 15.3 Å². The van der Waals surface area contributed by atoms with Crippen LogP contribution >= 0.6 is 0 Å². The fourth-order valence-electron chi connectivity index (χ4n) is 4.13. The quantitative estimate of drug-likeness (QED) is 0.462. The molecule has 1 fully saturated rings. The highest BCUT2D eigenvalue weighted by molar-refractivity contribution is 7.89. The van der Waals surface area contributed by atoms with Crippen LogP contribution in [0.4, 0.5) is 11.5 Å². The summed E-state index contributed by atoms with van der Waals surface area (Å²) in [5, 5.41) is 11.5. The maximum Gasteiger partial charge on any atom is 0.304 e. The number of carbonyl (C=O) groups is 2. The van der Waals surface area contributed by atoms with Gasteiger partial charge in [-0.05, 0) is 50.5 Å². The molecule has 1 aromatic heterocycles. The number of rotatable bonds is 10. The summed E-state index contributed by atoms with van der Waals surface area (Å²) in [6.45, 7) is 4.34. The Morgan fingerprint density at radius 3 is 2.53 bits per heavy atom. The number of aromatic nitrogens is 2. The molecule has 1 aliphatic rings. The van der Waals surface area contributed by atoms with Crippen molar-refractivity contribution in [1.82, 2.24) is 14.7 Å². The van der Waals surface area contributed by atoms with Crippen molar-refractivity contribution in [1.29, 1.82) is 0 Å². The average Bonchev–Trinajstić information content (AvgIpc) is 2.81. The third kappa shape index (κ3) is 6.51. The summed E-state index contributed by atoms with van der Waals surface area (Å²) in [7, 11) is -3.86. The molecule has 1 aromatic carbocycles. The second kappa shape index (κ2) is 11.4. The largest absolute Gasteiger partial charge is 0.481 e. The summed E-state index contributed by atoms with van der Waals surface area (Å²) >= 11 is 0. The molecule has 3 rings (SSSR count). The molecule has 1 heterocycles. The molecule has 184 valence electrons. The van der Waals surface area contributed by atoms with Crippen LogP contribution in [0.3, 0.4) is 0 Å². The first-order valence-corrected chi connectivity index (χ1v) is 12.9. The van der Waals surface area contributed by atoms with Crippen molar-refractivity contribution in [2.24, 2.45) is 0 Å². The van der Waals surface area contributed by atoms with Crippen LogP contribution < -0.4 is 14.9 Å². The maximum atomic E-state index is 12.9. The number of nitrogens with one attached hydrogen (secondary N) is 2. The number of aryl methyl sites for hydroxylation is 1. The molecule has 11 heteroatoms. The minimum atomic E-state index is -3.86. The van der Waals surface area contributed by atoms with Crippen molar-refractivity contribution < 1.29 is 23.1 Å². The Balaban J connectivity index is 1.72. The van der Waals surface area contributed by atoms with Gasteiger partial charge in [0, 0.05) is 30.9 Å². The second-order valence-electron chi connectivity index (χ2n) is 8.31. The number of hydrogen-bond donors (Lipinski definition) is 3. The third-order valence-corrected chi connectivity index (χ3v) is 7.38. The fraction of sp³-hybridized carbons (Fsp3) is 0.478. The number of benzene rings is 1. The lowest BCUT2D eigenvalue weighted by molar-refractivity contribution is -0.136. The highest BCUT2D eigenvalue weighted by Gasteiger charge is 2.22. The SMILES string of the molecule is CCN(c1cc(C(=O)Nc2ccc(S(=O)(=O)NCCC(=O)O)cc2C)ncn1)C1CCCCC1. The lowest BCUT2D eigenvalue weighted by Gasteiger charge is -2.34. The minimum Gasteiger partial charge on any atom is -0.481 e. The predicted octanol–water partition coefficient (Wildman–Crippen LogP) is 2.95. The third-order valence-electron chi connectivity index (χ3n) is 5.92. The van der Waals surface area contributed by atoms with Crippen LogP contribution in [0, 0.1) is 6.92 Å². The van der Waals surface area contributed by atoms with Gasteiger partial charge >= 0.3 is 5.97 Å². The van der Waals surface area contributed by atoms with Crippen LogP contribution in [0.1, 0.15) is 61.5 Å². The van der Waals surface area contributed by atoms with Crippen molar-refractivity contribution in [2.45, 2.75) is 63.3 Å². The van der Waals surface area contributed by atoms with E-state index in [0.717, 1.165) is 25.2 Å². The Morgan fingerprint density at radius 1 is 1.15 bits per heavy atom. The molecule has 0 bridgehead atoms. The van der Waals surface area contributed by atoms with Crippen molar-refractivity contribution in [3.8, 4) is 0 Å². The predicted molar refractivity (Wildman–Crippen MR) is 128 cm³/mol. The number of aliphatic carboxylic acids is 1. The second-order valence-corrected chi connectivity index (χ2v) is 10.1. The molecule has 3 N–H and O–H groups in total. The molecule has 2 aromatic rings. The van der Waals surface area contributed by atoms with E-state index in [1.807, 2.05) is 0 Å². The molecule has 1 amide bonds. The smallest absolute Gasteiger partial charge is 0.304 e. The minimum absolute atomic E-state index is 0.0104. The number of carbonyl (C=O) groups excluding carboxylic acids is 1. The van der Waals surface area contributed by atoms with Gasteiger partial charge in [-0.25, -0.2) is 23.1 Å². The van der Waals surface area contributed by atoms with E-state index in [-0.39, 0.29) is 23.6 Å². The first-order chi connectivity index (χ1) is 16.2. The molecule has 10 nitrogen and oxygen atoms in total. The van der Waals surface area contributed by atoms with Crippen LogP contribution in [0.5, 0.6) is 0 Å². The van der Waals surface area contributed by atoms with E-state index >= 15 is 0 Å². The lowest BCUT2D eigenvalue weighted by atomic mass is 9.94. The topological polar surface area (TPSA) is 142 Å². The van der Waals surface area contributed by atoms with E-state index in [4.69, 9.17) is 5.11 Å². The summed E-state index contributed by atoms with van der Waals surface area (Å²) < 4.78 is 27.0. The average molecular weight is 490 g/mol. The molecule has 0 unspecified atom stereocenters. The van der Waals surface area contributed by atoms with E-state index in [1.165, 1.54) is 43.8 Å². The Hall–Kier alpha value is -3.05. The first-order valence-electron chi connectivity index (χ1n) is 11.4. The van der Waals surface area contributed by atoms with Gasteiger partial charge in [0.15, 0.2) is 0 Å². The normalized spacial score (nSPS) is 14.5. The highest BCUT2D eigenvalue weighted by atomic mass is 32.2. The zero-order chi connectivity index (χ0) is 24.7. The molecule has 1 saturated carbocycles. The Kier molecular flexibility index (Phi) is 8.56. The zero-order valence-electron chi connectivity index (χ0n) is 19.5. The van der Waals surface area contributed by atoms with Crippen molar-refractivity contribution in [3.63, 3.8) is 0 Å². The molecular weight excluding hydrogens is 458 g/mol. The van der Waals surface area contributed by atoms with Gasteiger partial charge in [-0.3, -0.25) is 9.59 Å². The van der Waals surface area contributed by atoms with Crippen LogP contribution in [0.25, 0.3) is 0 Å². The van der Waals surface area contributed by atoms with E-state index in [0.29, 0.717) is 17.3 Å². The molecule has 0 spiro atoms. The van der Waals surface area contributed by atoms with Gasteiger partial charge in [-0.15, -0.1) is 0 Å². The fourth-order valence-corrected chi connectivity index (χ4v) is 5.25. The Morgan fingerprint density at radius 2 is 1.88 bits per heavy atom. The Labute approximate surface area is 199 Å². The maximum absolute atomic E-state index is 12.9. The summed E-state index contributed by atoms with van der Waals surface area (Å²) in [5.74, 6) is -0.785. The summed E-state index contributed by atoms with van der Waals surface area (Å²) in [6.07, 6.45) is 6.94. The standard InChI is InChI=1S/C23H31N5O5S/c1-3-28(17-7-5-4-6-8-17)21-14-20(24-15-25-21)23(31)27-19-10-9-18(13-16(19)2)34(32,33)26-12-11-22(29)30/h9-10,13-15,17,26H,3-8,11-12H2,1-2H3,(H,27,31)(H,29,30). The molecule has 0 aliphatic heterocycles. The van der Waals surface area contributed by atoms with Crippen LogP contribution in [-0.4, -0.2) is 54.5 Å². The Bertz CT molecular complexity index is 1130. The van der Waals surface area contributed by atoms with Gasteiger partial charge in [-0.1, -0.05) is 19.3 Å². The van der Waals surface area contributed by atoms with Gasteiger partial charge in [0.2, 0.25) is 10.0 Å². The van der Waals surface area contributed by atoms with Crippen molar-refractivity contribution in [2.75, 3.05) is 23.3 Å². The summed E-state index contributed by atoms with van der Waals surface area (Å²) in [5.41, 5.74) is 1.22. The summed E-state index contributed by atoms with van der Waals surface area (Å²) in [6, 6.07) is 6.38. The highest BCUT2D eigenvalue weighted by Crippen LogP contribution is 2.26. The number of nitrogens with zero attached hydrogens (tertiary/aromatic N) is 3. The van der Waals surface area contributed by atoms with Crippen LogP contribution in [0.2, 0.25) is 0 Å². The van der Waals surface area contributed by atoms with E-state index < -0.39 is 21.9 Å². The van der Waals surface area contributed by atoms with E-state index in [2.05, 4.69) is 31.8 Å². The number of anilines is 2. The molecule has 0 atom stereocenters. The molecule has 1 aliphatic carbocycles. The molecule has 34 heavy (non-hydrogen) atoms. The van der Waals surface area contributed by atoms with Crippen molar-refractivity contribution in [3.05, 3.63) is 41.9 Å². The van der Waals surface area contributed by atoms with Gasteiger partial charge in [0.05, 0.1) is 11.3 Å². The molecular formula is C23H31N5O5S. The van der Waals surface area contributed by atoms with Gasteiger partial charge in [0.25, 0.3) is 5.91 Å². The number of hydrogen-bond acceptors (Lipinski definition) is 7. The van der Waals surface area contributed by atoms with Crippen LogP contribution in [0.15, 0.2) is 35.5 Å². The molecule has 0 saturated heterocycles. The van der Waals surface area contributed by atoms with E-state index in [9.17, 15) is 18.0 Å². The number of sulfonamides is 1. The summed E-state index contributed by atoms with van der Waals surface area (Å²) in [4.78, 5) is 34.2. The zero-order valence-corrected chi connectivity index (χ0v) is 20.3. The number of carboxylic acids is 1.